The molecule has 4 nitrogen and oxygen atoms in total. The molecule has 0 bridgehead atoms. The summed E-state index contributed by atoms with van der Waals surface area (Å²) in [5, 5.41) is 21.4. The van der Waals surface area contributed by atoms with Crippen LogP contribution in [0.3, 0.4) is 0 Å². The minimum Gasteiger partial charge on any atom is -0.458 e. The molecule has 148 valence electrons. The lowest BCUT2D eigenvalue weighted by Gasteiger charge is -2.59. The van der Waals surface area contributed by atoms with E-state index < -0.39 is 5.60 Å². The van der Waals surface area contributed by atoms with Crippen LogP contribution in [-0.2, 0) is 9.53 Å². The molecule has 2 N–H and O–H groups in total. The second-order valence-corrected chi connectivity index (χ2v) is 9.87. The van der Waals surface area contributed by atoms with Crippen molar-refractivity contribution in [3.63, 3.8) is 0 Å². The van der Waals surface area contributed by atoms with E-state index in [9.17, 15) is 15.0 Å². The quantitative estimate of drug-likeness (QED) is 0.421. The first-order valence-corrected chi connectivity index (χ1v) is 10.4. The summed E-state index contributed by atoms with van der Waals surface area (Å²) in [7, 11) is 0. The van der Waals surface area contributed by atoms with Crippen molar-refractivity contribution in [2.75, 3.05) is 0 Å². The Balaban J connectivity index is 1.79. The van der Waals surface area contributed by atoms with Gasteiger partial charge in [-0.25, -0.2) is 0 Å². The van der Waals surface area contributed by atoms with E-state index in [-0.39, 0.29) is 40.8 Å². The van der Waals surface area contributed by atoms with E-state index >= 15 is 0 Å². The standard InChI is InChI=1S/C23H32O4/c1-5-23(26)11-8-18-20-17(7-10-22(18,23)4)21(3)9-6-16(25)12-15(21)13-19(20)27-14(2)24/h1,13,16-20,25-26H,6-12H2,2-4H3/t16?,17-,18+,19?,20-,21+,22+,23?/m1/s1. The molecule has 4 rings (SSSR count). The predicted molar refractivity (Wildman–Crippen MR) is 102 cm³/mol. The minimum atomic E-state index is -1.07. The zero-order valence-corrected chi connectivity index (χ0v) is 16.7. The number of terminal acetylenes is 1. The monoisotopic (exact) mass is 372 g/mol. The van der Waals surface area contributed by atoms with E-state index in [1.54, 1.807) is 0 Å². The number of aliphatic hydroxyl groups is 2. The second-order valence-electron chi connectivity index (χ2n) is 9.87. The molecule has 0 heterocycles. The number of aliphatic hydroxyl groups excluding tert-OH is 1. The van der Waals surface area contributed by atoms with E-state index in [0.717, 1.165) is 32.1 Å². The highest BCUT2D eigenvalue weighted by Crippen LogP contribution is 2.67. The van der Waals surface area contributed by atoms with Gasteiger partial charge in [0, 0.05) is 18.3 Å². The fourth-order valence-electron chi connectivity index (χ4n) is 7.16. The van der Waals surface area contributed by atoms with Gasteiger partial charge in [0.2, 0.25) is 0 Å². The van der Waals surface area contributed by atoms with E-state index in [1.165, 1.54) is 12.5 Å². The molecule has 27 heavy (non-hydrogen) atoms. The van der Waals surface area contributed by atoms with Crippen LogP contribution in [0.15, 0.2) is 11.6 Å². The third-order valence-electron chi connectivity index (χ3n) is 8.77. The summed E-state index contributed by atoms with van der Waals surface area (Å²) in [6.45, 7) is 5.93. The summed E-state index contributed by atoms with van der Waals surface area (Å²) in [5.74, 6) is 3.25. The van der Waals surface area contributed by atoms with Gasteiger partial charge in [0.05, 0.1) is 6.10 Å². The Morgan fingerprint density at radius 2 is 1.93 bits per heavy atom. The van der Waals surface area contributed by atoms with Gasteiger partial charge in [-0.2, -0.15) is 0 Å². The lowest BCUT2D eigenvalue weighted by atomic mass is 9.46. The fraction of sp³-hybridized carbons (Fsp3) is 0.783. The Morgan fingerprint density at radius 3 is 2.59 bits per heavy atom. The Morgan fingerprint density at radius 1 is 1.22 bits per heavy atom. The van der Waals surface area contributed by atoms with Crippen LogP contribution in [0.4, 0.5) is 0 Å². The average Bonchev–Trinajstić information content (AvgIpc) is 2.88. The SMILES string of the molecule is C#CC1(O)CC[C@H]2[C@@H]3C(OC(C)=O)C=C4CC(O)CC[C@]4(C)[C@@H]3CC[C@@]21C. The van der Waals surface area contributed by atoms with Gasteiger partial charge in [0.25, 0.3) is 0 Å². The van der Waals surface area contributed by atoms with Gasteiger partial charge >= 0.3 is 5.97 Å². The molecule has 0 aromatic carbocycles. The average molecular weight is 373 g/mol. The summed E-state index contributed by atoms with van der Waals surface area (Å²) in [5.41, 5.74) is -0.116. The van der Waals surface area contributed by atoms with Crippen LogP contribution in [0, 0.1) is 40.9 Å². The van der Waals surface area contributed by atoms with Crippen molar-refractivity contribution in [3.8, 4) is 12.3 Å². The van der Waals surface area contributed by atoms with Gasteiger partial charge in [-0.3, -0.25) is 4.79 Å². The van der Waals surface area contributed by atoms with Gasteiger partial charge in [-0.1, -0.05) is 25.3 Å². The first-order chi connectivity index (χ1) is 12.6. The molecule has 3 saturated carbocycles. The molecule has 0 aliphatic heterocycles. The van der Waals surface area contributed by atoms with Crippen LogP contribution in [0.2, 0.25) is 0 Å². The molecule has 0 radical (unpaired) electrons. The Labute approximate surface area is 162 Å². The number of esters is 1. The van der Waals surface area contributed by atoms with Gasteiger partial charge in [-0.05, 0) is 68.3 Å². The number of ether oxygens (including phenoxy) is 1. The molecule has 4 heteroatoms. The molecule has 0 aromatic rings. The summed E-state index contributed by atoms with van der Waals surface area (Å²) in [6.07, 6.45) is 13.1. The van der Waals surface area contributed by atoms with Crippen molar-refractivity contribution in [2.45, 2.75) is 83.5 Å². The van der Waals surface area contributed by atoms with E-state index in [2.05, 4.69) is 25.8 Å². The van der Waals surface area contributed by atoms with Gasteiger partial charge in [0.1, 0.15) is 11.7 Å². The van der Waals surface area contributed by atoms with Crippen LogP contribution in [-0.4, -0.2) is 34.0 Å². The Hall–Kier alpha value is -1.31. The molecule has 8 atom stereocenters. The molecule has 0 amide bonds. The normalized spacial score (nSPS) is 51.3. The minimum absolute atomic E-state index is 0.0404. The smallest absolute Gasteiger partial charge is 0.303 e. The zero-order chi connectivity index (χ0) is 19.6. The molecule has 0 spiro atoms. The highest BCUT2D eigenvalue weighted by atomic mass is 16.5. The van der Waals surface area contributed by atoms with E-state index in [0.29, 0.717) is 18.8 Å². The number of fused-ring (bicyclic) bond motifs is 5. The number of rotatable bonds is 1. The van der Waals surface area contributed by atoms with Crippen molar-refractivity contribution < 1.29 is 19.7 Å². The third-order valence-corrected chi connectivity index (χ3v) is 8.77. The van der Waals surface area contributed by atoms with Crippen LogP contribution in [0.25, 0.3) is 0 Å². The lowest BCUT2D eigenvalue weighted by molar-refractivity contribution is -0.162. The Kier molecular flexibility index (Phi) is 4.29. The first-order valence-electron chi connectivity index (χ1n) is 10.4. The predicted octanol–water partition coefficient (Wildman–Crippen LogP) is 3.22. The largest absolute Gasteiger partial charge is 0.458 e. The molecular formula is C23H32O4. The van der Waals surface area contributed by atoms with Crippen molar-refractivity contribution >= 4 is 5.97 Å². The van der Waals surface area contributed by atoms with E-state index in [4.69, 9.17) is 11.2 Å². The topological polar surface area (TPSA) is 66.8 Å². The molecule has 0 saturated heterocycles. The van der Waals surface area contributed by atoms with Gasteiger partial charge < -0.3 is 14.9 Å². The maximum atomic E-state index is 11.9. The highest BCUT2D eigenvalue weighted by Gasteiger charge is 2.65. The van der Waals surface area contributed by atoms with Crippen LogP contribution in [0.1, 0.15) is 65.7 Å². The lowest BCUT2D eigenvalue weighted by Crippen LogP contribution is -2.58. The summed E-state index contributed by atoms with van der Waals surface area (Å²) in [6, 6.07) is 0. The molecule has 3 fully saturated rings. The van der Waals surface area contributed by atoms with Crippen LogP contribution >= 0.6 is 0 Å². The fourth-order valence-corrected chi connectivity index (χ4v) is 7.16. The first kappa shape index (κ1) is 19.0. The van der Waals surface area contributed by atoms with Crippen LogP contribution < -0.4 is 0 Å². The van der Waals surface area contributed by atoms with E-state index in [1.807, 2.05) is 0 Å². The summed E-state index contributed by atoms with van der Waals surface area (Å²) < 4.78 is 5.81. The van der Waals surface area contributed by atoms with Gasteiger partial charge in [0.15, 0.2) is 0 Å². The summed E-state index contributed by atoms with van der Waals surface area (Å²) in [4.78, 5) is 11.9. The van der Waals surface area contributed by atoms with Crippen molar-refractivity contribution in [1.29, 1.82) is 0 Å². The number of hydrogen-bond acceptors (Lipinski definition) is 4. The molecule has 4 aliphatic carbocycles. The zero-order valence-electron chi connectivity index (χ0n) is 16.7. The summed E-state index contributed by atoms with van der Waals surface area (Å²) >= 11 is 0. The van der Waals surface area contributed by atoms with Gasteiger partial charge in [-0.15, -0.1) is 6.42 Å². The van der Waals surface area contributed by atoms with Crippen molar-refractivity contribution in [2.24, 2.45) is 28.6 Å². The molecule has 4 aliphatic rings. The third kappa shape index (κ3) is 2.54. The Bertz CT molecular complexity index is 720. The number of carbonyl (C=O) groups is 1. The maximum absolute atomic E-state index is 11.9. The molecule has 0 aromatic heterocycles. The molecular weight excluding hydrogens is 340 g/mol. The van der Waals surface area contributed by atoms with Crippen molar-refractivity contribution in [3.05, 3.63) is 11.6 Å². The van der Waals surface area contributed by atoms with Crippen LogP contribution in [0.5, 0.6) is 0 Å². The maximum Gasteiger partial charge on any atom is 0.303 e. The number of carbonyl (C=O) groups excluding carboxylic acids is 1. The van der Waals surface area contributed by atoms with Crippen molar-refractivity contribution in [1.82, 2.24) is 0 Å². The second kappa shape index (κ2) is 6.09. The molecule has 3 unspecified atom stereocenters. The number of hydrogen-bond donors (Lipinski definition) is 2. The highest BCUT2D eigenvalue weighted by molar-refractivity contribution is 5.66.